The number of fused-ring (bicyclic) bond motifs is 1. The molecule has 0 bridgehead atoms. The fraction of sp³-hybridized carbons (Fsp3) is 0.120. The number of furan rings is 1. The second-order valence-electron chi connectivity index (χ2n) is 6.97. The van der Waals surface area contributed by atoms with Gasteiger partial charge in [0, 0.05) is 12.5 Å². The molecule has 0 saturated carbocycles. The fourth-order valence-electron chi connectivity index (χ4n) is 3.55. The third kappa shape index (κ3) is 4.25. The molecule has 5 heteroatoms. The molecule has 0 radical (unpaired) electrons. The molecule has 30 heavy (non-hydrogen) atoms. The van der Waals surface area contributed by atoms with E-state index in [1.165, 1.54) is 6.92 Å². The maximum absolute atomic E-state index is 12.9. The van der Waals surface area contributed by atoms with Crippen molar-refractivity contribution in [2.45, 2.75) is 19.4 Å². The van der Waals surface area contributed by atoms with Crippen molar-refractivity contribution < 1.29 is 18.7 Å². The summed E-state index contributed by atoms with van der Waals surface area (Å²) in [5.41, 5.74) is 1.59. The monoisotopic (exact) mass is 399 g/mol. The van der Waals surface area contributed by atoms with Crippen molar-refractivity contribution in [2.75, 3.05) is 0 Å². The number of hydrogen-bond donors (Lipinski definition) is 1. The summed E-state index contributed by atoms with van der Waals surface area (Å²) in [6.45, 7) is 1.36. The van der Waals surface area contributed by atoms with E-state index in [9.17, 15) is 9.59 Å². The molecule has 0 saturated heterocycles. The summed E-state index contributed by atoms with van der Waals surface area (Å²) in [7, 11) is 0. The highest BCUT2D eigenvalue weighted by Crippen LogP contribution is 2.37. The maximum atomic E-state index is 12.9. The van der Waals surface area contributed by atoms with E-state index in [4.69, 9.17) is 9.15 Å². The normalized spacial score (nSPS) is 11.8. The van der Waals surface area contributed by atoms with Gasteiger partial charge in [0.15, 0.2) is 0 Å². The lowest BCUT2D eigenvalue weighted by Crippen LogP contribution is -2.31. The van der Waals surface area contributed by atoms with Crippen LogP contribution in [0.4, 0.5) is 0 Å². The van der Waals surface area contributed by atoms with E-state index >= 15 is 0 Å². The highest BCUT2D eigenvalue weighted by Gasteiger charge is 2.26. The van der Waals surface area contributed by atoms with E-state index < -0.39 is 12.0 Å². The van der Waals surface area contributed by atoms with Gasteiger partial charge in [0.05, 0.1) is 12.7 Å². The van der Waals surface area contributed by atoms with Crippen LogP contribution >= 0.6 is 0 Å². The minimum Gasteiger partial charge on any atom is -0.467 e. The Balaban J connectivity index is 1.78. The van der Waals surface area contributed by atoms with Gasteiger partial charge in [0.1, 0.15) is 17.6 Å². The largest absolute Gasteiger partial charge is 0.467 e. The first-order valence-corrected chi connectivity index (χ1v) is 9.68. The highest BCUT2D eigenvalue weighted by atomic mass is 16.5. The zero-order valence-corrected chi connectivity index (χ0v) is 16.5. The lowest BCUT2D eigenvalue weighted by atomic mass is 9.95. The average molecular weight is 399 g/mol. The molecule has 1 amide bonds. The van der Waals surface area contributed by atoms with Crippen molar-refractivity contribution in [3.63, 3.8) is 0 Å². The molecule has 0 aliphatic heterocycles. The minimum atomic E-state index is -0.614. The SMILES string of the molecule is CC(=O)Oc1ccc2ccccc2c1[C@@H](NC(=O)Cc1ccccc1)c1ccco1. The van der Waals surface area contributed by atoms with Gasteiger partial charge < -0.3 is 14.5 Å². The van der Waals surface area contributed by atoms with Gasteiger partial charge in [0.2, 0.25) is 5.91 Å². The average Bonchev–Trinajstić information content (AvgIpc) is 3.27. The molecular weight excluding hydrogens is 378 g/mol. The van der Waals surface area contributed by atoms with Gasteiger partial charge in [-0.15, -0.1) is 0 Å². The molecule has 0 aliphatic carbocycles. The van der Waals surface area contributed by atoms with Crippen LogP contribution in [0.2, 0.25) is 0 Å². The number of rotatable bonds is 6. The van der Waals surface area contributed by atoms with E-state index in [-0.39, 0.29) is 12.3 Å². The summed E-state index contributed by atoms with van der Waals surface area (Å²) in [6, 6.07) is 23.9. The summed E-state index contributed by atoms with van der Waals surface area (Å²) in [4.78, 5) is 24.6. The van der Waals surface area contributed by atoms with Crippen molar-refractivity contribution in [3.8, 4) is 5.75 Å². The Bertz CT molecular complexity index is 1170. The van der Waals surface area contributed by atoms with Crippen LogP contribution in [0, 0.1) is 0 Å². The lowest BCUT2D eigenvalue weighted by molar-refractivity contribution is -0.131. The summed E-state index contributed by atoms with van der Waals surface area (Å²) >= 11 is 0. The van der Waals surface area contributed by atoms with Crippen LogP contribution in [0.1, 0.15) is 29.9 Å². The van der Waals surface area contributed by atoms with Crippen LogP contribution in [-0.2, 0) is 16.0 Å². The summed E-state index contributed by atoms with van der Waals surface area (Å²) in [5, 5.41) is 4.91. The molecule has 1 aromatic heterocycles. The van der Waals surface area contributed by atoms with Crippen molar-refractivity contribution in [1.82, 2.24) is 5.32 Å². The van der Waals surface area contributed by atoms with E-state index in [0.29, 0.717) is 17.1 Å². The molecule has 5 nitrogen and oxygen atoms in total. The Morgan fingerprint density at radius 1 is 0.933 bits per heavy atom. The standard InChI is InChI=1S/C25H21NO4/c1-17(27)30-21-14-13-19-10-5-6-11-20(19)24(21)25(22-12-7-15-29-22)26-23(28)16-18-8-3-2-4-9-18/h2-15,25H,16H2,1H3,(H,26,28)/t25-/m0/s1. The van der Waals surface area contributed by atoms with E-state index in [1.807, 2.05) is 60.7 Å². The Kier molecular flexibility index (Phi) is 5.61. The van der Waals surface area contributed by atoms with Crippen LogP contribution in [0.15, 0.2) is 89.5 Å². The Morgan fingerprint density at radius 2 is 1.70 bits per heavy atom. The Labute approximate surface area is 174 Å². The molecule has 0 unspecified atom stereocenters. The lowest BCUT2D eigenvalue weighted by Gasteiger charge is -2.22. The molecule has 0 aliphatic rings. The van der Waals surface area contributed by atoms with Gasteiger partial charge >= 0.3 is 5.97 Å². The number of nitrogens with one attached hydrogen (secondary N) is 1. The Hall–Kier alpha value is -3.86. The zero-order valence-electron chi connectivity index (χ0n) is 16.5. The molecule has 150 valence electrons. The second-order valence-corrected chi connectivity index (χ2v) is 6.97. The number of carbonyl (C=O) groups excluding carboxylic acids is 2. The molecule has 0 fully saturated rings. The highest BCUT2D eigenvalue weighted by molar-refractivity contribution is 5.90. The zero-order chi connectivity index (χ0) is 20.9. The third-order valence-corrected chi connectivity index (χ3v) is 4.81. The summed E-state index contributed by atoms with van der Waals surface area (Å²) in [6.07, 6.45) is 1.79. The number of benzene rings is 3. The molecule has 3 aromatic carbocycles. The molecule has 4 aromatic rings. The van der Waals surface area contributed by atoms with Crippen LogP contribution in [0.3, 0.4) is 0 Å². The van der Waals surface area contributed by atoms with E-state index in [2.05, 4.69) is 5.32 Å². The molecule has 1 atom stereocenters. The number of hydrogen-bond acceptors (Lipinski definition) is 4. The number of esters is 1. The predicted octanol–water partition coefficient (Wildman–Crippen LogP) is 4.81. The van der Waals surface area contributed by atoms with Crippen LogP contribution < -0.4 is 10.1 Å². The molecule has 1 N–H and O–H groups in total. The van der Waals surface area contributed by atoms with Crippen molar-refractivity contribution in [1.29, 1.82) is 0 Å². The smallest absolute Gasteiger partial charge is 0.308 e. The van der Waals surface area contributed by atoms with Gasteiger partial charge in [-0.1, -0.05) is 60.7 Å². The van der Waals surface area contributed by atoms with Gasteiger partial charge in [-0.05, 0) is 34.5 Å². The van der Waals surface area contributed by atoms with Crippen molar-refractivity contribution in [2.24, 2.45) is 0 Å². The number of amides is 1. The predicted molar refractivity (Wildman–Crippen MR) is 114 cm³/mol. The molecule has 0 spiro atoms. The second kappa shape index (κ2) is 8.66. The number of ether oxygens (including phenoxy) is 1. The number of carbonyl (C=O) groups is 2. The fourth-order valence-corrected chi connectivity index (χ4v) is 3.55. The van der Waals surface area contributed by atoms with Crippen LogP contribution in [-0.4, -0.2) is 11.9 Å². The van der Waals surface area contributed by atoms with Crippen LogP contribution in [0.5, 0.6) is 5.75 Å². The van der Waals surface area contributed by atoms with E-state index in [1.54, 1.807) is 24.5 Å². The third-order valence-electron chi connectivity index (χ3n) is 4.81. The van der Waals surface area contributed by atoms with Gasteiger partial charge in [-0.25, -0.2) is 0 Å². The first-order chi connectivity index (χ1) is 14.6. The minimum absolute atomic E-state index is 0.163. The molecule has 4 rings (SSSR count). The summed E-state index contributed by atoms with van der Waals surface area (Å²) < 4.78 is 11.2. The topological polar surface area (TPSA) is 68.5 Å². The summed E-state index contributed by atoms with van der Waals surface area (Å²) in [5.74, 6) is 0.355. The van der Waals surface area contributed by atoms with Crippen molar-refractivity contribution in [3.05, 3.63) is 102 Å². The maximum Gasteiger partial charge on any atom is 0.308 e. The molecule has 1 heterocycles. The van der Waals surface area contributed by atoms with Gasteiger partial charge in [-0.2, -0.15) is 0 Å². The first kappa shape index (κ1) is 19.5. The first-order valence-electron chi connectivity index (χ1n) is 9.68. The quantitative estimate of drug-likeness (QED) is 0.373. The van der Waals surface area contributed by atoms with Gasteiger partial charge in [-0.3, -0.25) is 9.59 Å². The van der Waals surface area contributed by atoms with Crippen molar-refractivity contribution >= 4 is 22.6 Å². The molecular formula is C25H21NO4. The van der Waals surface area contributed by atoms with E-state index in [0.717, 1.165) is 16.3 Å². The Morgan fingerprint density at radius 3 is 2.43 bits per heavy atom. The van der Waals surface area contributed by atoms with Gasteiger partial charge in [0.25, 0.3) is 0 Å². The van der Waals surface area contributed by atoms with Crippen LogP contribution in [0.25, 0.3) is 10.8 Å².